The van der Waals surface area contributed by atoms with E-state index in [4.69, 9.17) is 4.74 Å². The van der Waals surface area contributed by atoms with E-state index in [-0.39, 0.29) is 0 Å². The van der Waals surface area contributed by atoms with Gasteiger partial charge in [-0.3, -0.25) is 4.21 Å². The standard InChI is InChI=1S/C12H18O3S3/c13-18(14)11-4-5-12(15-6-2-8-17)10(9-11)3-1-7-16/h4-5,9,16-17H,1-3,6-8H2,(H,13,14)/p-1. The third-order valence-electron chi connectivity index (χ3n) is 2.39. The van der Waals surface area contributed by atoms with Crippen LogP contribution in [-0.4, -0.2) is 26.9 Å². The highest BCUT2D eigenvalue weighted by molar-refractivity contribution is 7.80. The van der Waals surface area contributed by atoms with Crippen LogP contribution in [0.4, 0.5) is 0 Å². The zero-order chi connectivity index (χ0) is 13.4. The summed E-state index contributed by atoms with van der Waals surface area (Å²) in [7, 11) is 0. The molecule has 3 nitrogen and oxygen atoms in total. The minimum Gasteiger partial charge on any atom is -0.768 e. The highest BCUT2D eigenvalue weighted by Gasteiger charge is 2.05. The first-order chi connectivity index (χ1) is 8.69. The van der Waals surface area contributed by atoms with Crippen LogP contribution >= 0.6 is 25.3 Å². The van der Waals surface area contributed by atoms with Crippen molar-refractivity contribution in [1.82, 2.24) is 0 Å². The van der Waals surface area contributed by atoms with Crippen LogP contribution in [-0.2, 0) is 17.5 Å². The molecule has 0 N–H and O–H groups in total. The fourth-order valence-corrected chi connectivity index (χ4v) is 2.22. The summed E-state index contributed by atoms with van der Waals surface area (Å²) < 4.78 is 27.5. The van der Waals surface area contributed by atoms with Gasteiger partial charge in [0.1, 0.15) is 5.75 Å². The van der Waals surface area contributed by atoms with E-state index in [0.717, 1.165) is 42.1 Å². The fourth-order valence-electron chi connectivity index (χ4n) is 1.51. The van der Waals surface area contributed by atoms with Crippen LogP contribution in [0.1, 0.15) is 18.4 Å². The molecule has 0 aromatic heterocycles. The number of thiol groups is 2. The van der Waals surface area contributed by atoms with E-state index in [1.54, 1.807) is 18.2 Å². The van der Waals surface area contributed by atoms with Gasteiger partial charge in [0.2, 0.25) is 0 Å². The molecule has 1 rings (SSSR count). The Hall–Kier alpha value is -0.170. The monoisotopic (exact) mass is 305 g/mol. The third-order valence-corrected chi connectivity index (χ3v) is 3.66. The van der Waals surface area contributed by atoms with Crippen LogP contribution in [0, 0.1) is 0 Å². The molecule has 0 heterocycles. The topological polar surface area (TPSA) is 49.4 Å². The van der Waals surface area contributed by atoms with Crippen LogP contribution in [0.5, 0.6) is 5.75 Å². The number of ether oxygens (including phenoxy) is 1. The Labute approximate surface area is 121 Å². The van der Waals surface area contributed by atoms with Gasteiger partial charge in [-0.2, -0.15) is 25.3 Å². The zero-order valence-electron chi connectivity index (χ0n) is 10.0. The fraction of sp³-hybridized carbons (Fsp3) is 0.500. The van der Waals surface area contributed by atoms with E-state index in [0.29, 0.717) is 11.5 Å². The Morgan fingerprint density at radius 3 is 2.56 bits per heavy atom. The van der Waals surface area contributed by atoms with Gasteiger partial charge >= 0.3 is 0 Å². The molecule has 0 bridgehead atoms. The summed E-state index contributed by atoms with van der Waals surface area (Å²) in [6.45, 7) is 0.594. The zero-order valence-corrected chi connectivity index (χ0v) is 12.6. The first-order valence-electron chi connectivity index (χ1n) is 5.75. The lowest BCUT2D eigenvalue weighted by molar-refractivity contribution is 0.315. The van der Waals surface area contributed by atoms with Gasteiger partial charge in [0.15, 0.2) is 0 Å². The Kier molecular flexibility index (Phi) is 7.81. The molecule has 0 amide bonds. The van der Waals surface area contributed by atoms with E-state index in [1.807, 2.05) is 0 Å². The first kappa shape index (κ1) is 15.9. The molecular weight excluding hydrogens is 288 g/mol. The number of benzene rings is 1. The second-order valence-corrected chi connectivity index (χ2v) is 5.59. The number of aryl methyl sites for hydroxylation is 1. The smallest absolute Gasteiger partial charge is 0.122 e. The molecule has 0 radical (unpaired) electrons. The summed E-state index contributed by atoms with van der Waals surface area (Å²) in [4.78, 5) is 0.297. The maximum atomic E-state index is 10.9. The summed E-state index contributed by atoms with van der Waals surface area (Å²) in [5, 5.41) is 0. The Morgan fingerprint density at radius 1 is 1.22 bits per heavy atom. The predicted octanol–water partition coefficient (Wildman–Crippen LogP) is 2.49. The maximum absolute atomic E-state index is 10.9. The van der Waals surface area contributed by atoms with E-state index in [1.165, 1.54) is 0 Å². The SMILES string of the molecule is O=S([O-])c1ccc(OCCCS)c(CCCS)c1. The average molecular weight is 305 g/mol. The summed E-state index contributed by atoms with van der Waals surface area (Å²) in [5.41, 5.74) is 0.921. The normalized spacial score (nSPS) is 12.4. The van der Waals surface area contributed by atoms with E-state index in [2.05, 4.69) is 25.3 Å². The van der Waals surface area contributed by atoms with Crippen molar-refractivity contribution >= 4 is 36.3 Å². The molecule has 0 saturated heterocycles. The second-order valence-electron chi connectivity index (χ2n) is 3.76. The summed E-state index contributed by atoms with van der Waals surface area (Å²) in [6, 6.07) is 4.95. The molecule has 0 spiro atoms. The molecule has 18 heavy (non-hydrogen) atoms. The van der Waals surface area contributed by atoms with Crippen molar-refractivity contribution in [2.24, 2.45) is 0 Å². The van der Waals surface area contributed by atoms with Gasteiger partial charge in [-0.15, -0.1) is 0 Å². The van der Waals surface area contributed by atoms with Crippen molar-refractivity contribution in [3.8, 4) is 5.75 Å². The molecule has 1 unspecified atom stereocenters. The number of hydrogen-bond acceptors (Lipinski definition) is 5. The van der Waals surface area contributed by atoms with Crippen LogP contribution in [0.15, 0.2) is 23.1 Å². The predicted molar refractivity (Wildman–Crippen MR) is 79.8 cm³/mol. The lowest BCUT2D eigenvalue weighted by Gasteiger charge is -2.14. The molecule has 0 aliphatic heterocycles. The van der Waals surface area contributed by atoms with Gasteiger partial charge in [-0.05, 0) is 65.6 Å². The van der Waals surface area contributed by atoms with Gasteiger partial charge in [0.05, 0.1) is 6.61 Å². The Morgan fingerprint density at radius 2 is 1.94 bits per heavy atom. The van der Waals surface area contributed by atoms with Gasteiger partial charge in [0.25, 0.3) is 0 Å². The molecule has 0 aliphatic rings. The lowest BCUT2D eigenvalue weighted by Crippen LogP contribution is -2.02. The number of hydrogen-bond donors (Lipinski definition) is 2. The Bertz CT molecular complexity index is 396. The first-order valence-corrected chi connectivity index (χ1v) is 8.09. The summed E-state index contributed by atoms with van der Waals surface area (Å²) in [5.74, 6) is 2.29. The molecule has 1 aromatic carbocycles. The molecule has 0 aliphatic carbocycles. The van der Waals surface area contributed by atoms with Gasteiger partial charge in [-0.1, -0.05) is 0 Å². The van der Waals surface area contributed by atoms with Crippen LogP contribution in [0.2, 0.25) is 0 Å². The van der Waals surface area contributed by atoms with Crippen LogP contribution in [0.25, 0.3) is 0 Å². The molecule has 1 atom stereocenters. The van der Waals surface area contributed by atoms with Gasteiger partial charge in [-0.25, -0.2) is 0 Å². The van der Waals surface area contributed by atoms with Crippen molar-refractivity contribution in [3.05, 3.63) is 23.8 Å². The lowest BCUT2D eigenvalue weighted by atomic mass is 10.1. The second kappa shape index (κ2) is 8.85. The van der Waals surface area contributed by atoms with Gasteiger partial charge < -0.3 is 9.29 Å². The maximum Gasteiger partial charge on any atom is 0.122 e. The van der Waals surface area contributed by atoms with Crippen LogP contribution in [0.3, 0.4) is 0 Å². The molecule has 0 fully saturated rings. The van der Waals surface area contributed by atoms with Gasteiger partial charge in [0, 0.05) is 4.90 Å². The van der Waals surface area contributed by atoms with Crippen molar-refractivity contribution < 1.29 is 13.5 Å². The van der Waals surface area contributed by atoms with Crippen molar-refractivity contribution in [2.45, 2.75) is 24.2 Å². The van der Waals surface area contributed by atoms with E-state index < -0.39 is 11.1 Å². The molecule has 102 valence electrons. The summed E-state index contributed by atoms with van der Waals surface area (Å²) in [6.07, 6.45) is 2.52. The highest BCUT2D eigenvalue weighted by Crippen LogP contribution is 2.23. The molecule has 6 heteroatoms. The number of rotatable bonds is 8. The highest BCUT2D eigenvalue weighted by atomic mass is 32.2. The summed E-state index contributed by atoms with van der Waals surface area (Å²) >= 11 is 6.09. The quantitative estimate of drug-likeness (QED) is 0.441. The minimum atomic E-state index is -2.20. The molecule has 1 aromatic rings. The Balaban J connectivity index is 2.82. The molecule has 0 saturated carbocycles. The largest absolute Gasteiger partial charge is 0.768 e. The van der Waals surface area contributed by atoms with Crippen molar-refractivity contribution in [1.29, 1.82) is 0 Å². The average Bonchev–Trinajstić information content (AvgIpc) is 2.37. The van der Waals surface area contributed by atoms with E-state index >= 15 is 0 Å². The van der Waals surface area contributed by atoms with Crippen molar-refractivity contribution in [3.63, 3.8) is 0 Å². The van der Waals surface area contributed by atoms with Crippen molar-refractivity contribution in [2.75, 3.05) is 18.1 Å². The third kappa shape index (κ3) is 5.22. The molecular formula is C12H17O3S3-. The van der Waals surface area contributed by atoms with E-state index in [9.17, 15) is 8.76 Å². The van der Waals surface area contributed by atoms with Crippen LogP contribution < -0.4 is 4.74 Å². The minimum absolute atomic E-state index is 0.297.